The summed E-state index contributed by atoms with van der Waals surface area (Å²) in [7, 11) is 0. The van der Waals surface area contributed by atoms with E-state index in [9.17, 15) is 9.59 Å². The SMILES string of the molecule is C=C1c2ccccc2C(=O)N1CCC(=O)NC(c1ccccc1)c1ccccc1. The number of fused-ring (bicyclic) bond motifs is 1. The van der Waals surface area contributed by atoms with Crippen LogP contribution < -0.4 is 5.32 Å². The maximum atomic E-state index is 12.8. The van der Waals surface area contributed by atoms with Crippen molar-refractivity contribution in [2.24, 2.45) is 0 Å². The second-order valence-electron chi connectivity index (χ2n) is 7.02. The lowest BCUT2D eigenvalue weighted by molar-refractivity contribution is -0.121. The molecule has 0 atom stereocenters. The Bertz CT molecular complexity index is 970. The molecule has 0 saturated heterocycles. The third kappa shape index (κ3) is 3.83. The molecule has 0 bridgehead atoms. The highest BCUT2D eigenvalue weighted by Gasteiger charge is 2.30. The first-order valence-corrected chi connectivity index (χ1v) is 9.64. The van der Waals surface area contributed by atoms with E-state index in [0.717, 1.165) is 16.7 Å². The fourth-order valence-electron chi connectivity index (χ4n) is 3.67. The van der Waals surface area contributed by atoms with E-state index in [1.807, 2.05) is 78.9 Å². The molecular formula is C25H22N2O2. The number of rotatable bonds is 6. The number of nitrogens with one attached hydrogen (secondary N) is 1. The van der Waals surface area contributed by atoms with Gasteiger partial charge in [0.15, 0.2) is 0 Å². The number of benzene rings is 3. The van der Waals surface area contributed by atoms with Gasteiger partial charge in [-0.1, -0.05) is 85.4 Å². The number of amides is 2. The summed E-state index contributed by atoms with van der Waals surface area (Å²) in [6, 6.07) is 26.9. The predicted octanol–water partition coefficient (Wildman–Crippen LogP) is 4.41. The average molecular weight is 382 g/mol. The molecule has 1 N–H and O–H groups in total. The molecule has 0 unspecified atom stereocenters. The van der Waals surface area contributed by atoms with Gasteiger partial charge in [-0.25, -0.2) is 0 Å². The van der Waals surface area contributed by atoms with Gasteiger partial charge in [0.25, 0.3) is 5.91 Å². The largest absolute Gasteiger partial charge is 0.345 e. The summed E-state index contributed by atoms with van der Waals surface area (Å²) in [6.45, 7) is 4.33. The Labute approximate surface area is 170 Å². The summed E-state index contributed by atoms with van der Waals surface area (Å²) < 4.78 is 0. The molecule has 1 aliphatic rings. The normalized spacial score (nSPS) is 12.9. The third-order valence-electron chi connectivity index (χ3n) is 5.17. The van der Waals surface area contributed by atoms with E-state index in [2.05, 4.69) is 11.9 Å². The quantitative estimate of drug-likeness (QED) is 0.687. The molecule has 0 fully saturated rings. The minimum atomic E-state index is -0.237. The van der Waals surface area contributed by atoms with Crippen LogP contribution in [0.1, 0.15) is 39.5 Å². The van der Waals surface area contributed by atoms with Crippen molar-refractivity contribution in [3.63, 3.8) is 0 Å². The van der Waals surface area contributed by atoms with Gasteiger partial charge in [-0.2, -0.15) is 0 Å². The van der Waals surface area contributed by atoms with Crippen molar-refractivity contribution < 1.29 is 9.59 Å². The first-order chi connectivity index (χ1) is 14.1. The van der Waals surface area contributed by atoms with Crippen molar-refractivity contribution in [3.8, 4) is 0 Å². The Hall–Kier alpha value is -3.66. The number of carbonyl (C=O) groups is 2. The zero-order valence-corrected chi connectivity index (χ0v) is 16.0. The van der Waals surface area contributed by atoms with Gasteiger partial charge in [-0.3, -0.25) is 9.59 Å². The molecule has 29 heavy (non-hydrogen) atoms. The van der Waals surface area contributed by atoms with Gasteiger partial charge < -0.3 is 10.2 Å². The number of hydrogen-bond donors (Lipinski definition) is 1. The fourth-order valence-corrected chi connectivity index (χ4v) is 3.67. The van der Waals surface area contributed by atoms with Crippen LogP contribution in [0.15, 0.2) is 91.5 Å². The van der Waals surface area contributed by atoms with E-state index in [4.69, 9.17) is 0 Å². The Balaban J connectivity index is 1.46. The summed E-state index contributed by atoms with van der Waals surface area (Å²) >= 11 is 0. The molecule has 144 valence electrons. The summed E-state index contributed by atoms with van der Waals surface area (Å²) in [5.74, 6) is -0.208. The standard InChI is InChI=1S/C25H22N2O2/c1-18-21-14-8-9-15-22(21)25(29)27(18)17-16-23(28)26-24(19-10-4-2-5-11-19)20-12-6-3-7-13-20/h2-15,24H,1,16-17H2,(H,26,28). The van der Waals surface area contributed by atoms with Gasteiger partial charge >= 0.3 is 0 Å². The molecule has 0 radical (unpaired) electrons. The molecular weight excluding hydrogens is 360 g/mol. The third-order valence-corrected chi connectivity index (χ3v) is 5.17. The molecule has 4 rings (SSSR count). The van der Waals surface area contributed by atoms with Crippen molar-refractivity contribution in [1.82, 2.24) is 10.2 Å². The lowest BCUT2D eigenvalue weighted by Gasteiger charge is -2.21. The smallest absolute Gasteiger partial charge is 0.258 e. The van der Waals surface area contributed by atoms with Crippen molar-refractivity contribution in [1.29, 1.82) is 0 Å². The van der Waals surface area contributed by atoms with E-state index in [0.29, 0.717) is 17.8 Å². The highest BCUT2D eigenvalue weighted by atomic mass is 16.2. The molecule has 2 amide bonds. The zero-order chi connectivity index (χ0) is 20.2. The van der Waals surface area contributed by atoms with Crippen molar-refractivity contribution in [3.05, 3.63) is 114 Å². The minimum Gasteiger partial charge on any atom is -0.345 e. The second-order valence-corrected chi connectivity index (χ2v) is 7.02. The van der Waals surface area contributed by atoms with Crippen molar-refractivity contribution >= 4 is 17.5 Å². The summed E-state index contributed by atoms with van der Waals surface area (Å²) in [6.07, 6.45) is 0.203. The predicted molar refractivity (Wildman–Crippen MR) is 114 cm³/mol. The highest BCUT2D eigenvalue weighted by molar-refractivity contribution is 6.08. The van der Waals surface area contributed by atoms with Gasteiger partial charge in [0, 0.05) is 29.8 Å². The van der Waals surface area contributed by atoms with E-state index >= 15 is 0 Å². The van der Waals surface area contributed by atoms with Crippen LogP contribution in [0, 0.1) is 0 Å². The van der Waals surface area contributed by atoms with Crippen LogP contribution in [0.3, 0.4) is 0 Å². The molecule has 1 aliphatic heterocycles. The van der Waals surface area contributed by atoms with Crippen LogP contribution in [-0.2, 0) is 4.79 Å². The number of hydrogen-bond acceptors (Lipinski definition) is 2. The van der Waals surface area contributed by atoms with Crippen molar-refractivity contribution in [2.45, 2.75) is 12.5 Å². The average Bonchev–Trinajstić information content (AvgIpc) is 3.02. The van der Waals surface area contributed by atoms with Gasteiger partial charge in [0.1, 0.15) is 0 Å². The molecule has 4 nitrogen and oxygen atoms in total. The number of nitrogens with zero attached hydrogens (tertiary/aromatic N) is 1. The molecule has 3 aromatic carbocycles. The molecule has 0 spiro atoms. The highest BCUT2D eigenvalue weighted by Crippen LogP contribution is 2.31. The molecule has 0 aliphatic carbocycles. The summed E-state index contributed by atoms with van der Waals surface area (Å²) in [5, 5.41) is 3.12. The molecule has 3 aromatic rings. The Morgan fingerprint density at radius 3 is 1.90 bits per heavy atom. The van der Waals surface area contributed by atoms with Gasteiger partial charge in [-0.15, -0.1) is 0 Å². The van der Waals surface area contributed by atoms with Gasteiger partial charge in [0.2, 0.25) is 5.91 Å². The Morgan fingerprint density at radius 1 is 0.828 bits per heavy atom. The molecule has 0 aromatic heterocycles. The van der Waals surface area contributed by atoms with Crippen molar-refractivity contribution in [2.75, 3.05) is 6.54 Å². The van der Waals surface area contributed by atoms with E-state index in [1.54, 1.807) is 11.0 Å². The van der Waals surface area contributed by atoms with Gasteiger partial charge in [-0.05, 0) is 17.2 Å². The first-order valence-electron chi connectivity index (χ1n) is 9.64. The lowest BCUT2D eigenvalue weighted by Crippen LogP contribution is -2.33. The summed E-state index contributed by atoms with van der Waals surface area (Å²) in [4.78, 5) is 27.0. The molecule has 1 heterocycles. The topological polar surface area (TPSA) is 49.4 Å². The van der Waals surface area contributed by atoms with E-state index < -0.39 is 0 Å². The zero-order valence-electron chi connectivity index (χ0n) is 16.0. The van der Waals surface area contributed by atoms with Gasteiger partial charge in [0.05, 0.1) is 6.04 Å². The first kappa shape index (κ1) is 18.7. The van der Waals surface area contributed by atoms with Crippen LogP contribution in [0.4, 0.5) is 0 Å². The number of carbonyl (C=O) groups excluding carboxylic acids is 2. The lowest BCUT2D eigenvalue weighted by atomic mass is 9.98. The van der Waals surface area contributed by atoms with Crippen LogP contribution in [0.25, 0.3) is 5.70 Å². The van der Waals surface area contributed by atoms with E-state index in [-0.39, 0.29) is 24.3 Å². The monoisotopic (exact) mass is 382 g/mol. The minimum absolute atomic E-state index is 0.0962. The van der Waals surface area contributed by atoms with Crippen LogP contribution >= 0.6 is 0 Å². The maximum Gasteiger partial charge on any atom is 0.258 e. The van der Waals surface area contributed by atoms with E-state index in [1.165, 1.54) is 0 Å². The molecule has 0 saturated carbocycles. The van der Waals surface area contributed by atoms with Crippen LogP contribution in [0.2, 0.25) is 0 Å². The van der Waals surface area contributed by atoms with Crippen LogP contribution in [-0.4, -0.2) is 23.3 Å². The summed E-state index contributed by atoms with van der Waals surface area (Å²) in [5.41, 5.74) is 4.16. The fraction of sp³-hybridized carbons (Fsp3) is 0.120. The second kappa shape index (κ2) is 8.15. The Kier molecular flexibility index (Phi) is 5.25. The molecule has 4 heteroatoms. The Morgan fingerprint density at radius 2 is 1.34 bits per heavy atom. The van der Waals surface area contributed by atoms with Crippen LogP contribution in [0.5, 0.6) is 0 Å². The maximum absolute atomic E-state index is 12.8.